The normalized spacial score (nSPS) is 24.1. The summed E-state index contributed by atoms with van der Waals surface area (Å²) in [6.07, 6.45) is 7.22. The van der Waals surface area contributed by atoms with Crippen molar-refractivity contribution in [3.63, 3.8) is 0 Å². The Morgan fingerprint density at radius 1 is 1.12 bits per heavy atom. The molecule has 26 heavy (non-hydrogen) atoms. The number of amides is 1. The highest BCUT2D eigenvalue weighted by atomic mass is 16.3. The summed E-state index contributed by atoms with van der Waals surface area (Å²) in [7, 11) is 0. The van der Waals surface area contributed by atoms with Gasteiger partial charge in [-0.05, 0) is 57.0 Å². The van der Waals surface area contributed by atoms with E-state index < -0.39 is 5.60 Å². The largest absolute Gasteiger partial charge is 0.387 e. The summed E-state index contributed by atoms with van der Waals surface area (Å²) in [4.78, 5) is 17.1. The van der Waals surface area contributed by atoms with Crippen molar-refractivity contribution in [1.29, 1.82) is 0 Å². The van der Waals surface area contributed by atoms with Gasteiger partial charge in [-0.15, -0.1) is 10.2 Å². The first-order chi connectivity index (χ1) is 12.6. The van der Waals surface area contributed by atoms with Crippen molar-refractivity contribution in [3.8, 4) is 5.69 Å². The lowest BCUT2D eigenvalue weighted by Gasteiger charge is -2.41. The number of carbonyl (C=O) groups is 1. The Morgan fingerprint density at radius 2 is 1.88 bits per heavy atom. The van der Waals surface area contributed by atoms with Crippen LogP contribution in [0, 0.1) is 0 Å². The molecular weight excluding hydrogens is 330 g/mol. The van der Waals surface area contributed by atoms with E-state index in [0.29, 0.717) is 25.2 Å². The highest BCUT2D eigenvalue weighted by molar-refractivity contribution is 5.94. The quantitative estimate of drug-likeness (QED) is 0.896. The van der Waals surface area contributed by atoms with Crippen LogP contribution >= 0.6 is 0 Å². The topological polar surface area (TPSA) is 74.5 Å². The summed E-state index contributed by atoms with van der Waals surface area (Å²) in [5.74, 6) is -0.0283. The molecule has 0 radical (unpaired) electrons. The summed E-state index contributed by atoms with van der Waals surface area (Å²) in [5, 5.41) is 18.7. The summed E-state index contributed by atoms with van der Waals surface area (Å²) >= 11 is 0. The van der Waals surface area contributed by atoms with Gasteiger partial charge in [-0.1, -0.05) is 6.07 Å². The van der Waals surface area contributed by atoms with E-state index in [1.807, 2.05) is 24.3 Å². The molecule has 2 aliphatic rings. The molecule has 7 heteroatoms. The van der Waals surface area contributed by atoms with Crippen molar-refractivity contribution < 1.29 is 9.90 Å². The molecule has 3 heterocycles. The molecule has 0 unspecified atom stereocenters. The second-order valence-electron chi connectivity index (χ2n) is 7.46. The van der Waals surface area contributed by atoms with Crippen LogP contribution in [0.1, 0.15) is 36.0 Å². The van der Waals surface area contributed by atoms with Gasteiger partial charge in [0.15, 0.2) is 0 Å². The highest BCUT2D eigenvalue weighted by Gasteiger charge is 2.37. The zero-order valence-electron chi connectivity index (χ0n) is 14.9. The Bertz CT molecular complexity index is 757. The van der Waals surface area contributed by atoms with Crippen LogP contribution in [0.15, 0.2) is 36.9 Å². The molecule has 4 rings (SSSR count). The number of β-amino-alcohol motifs (C(OH)–C–C–N with tert-alkyl or cyclic N) is 1. The van der Waals surface area contributed by atoms with Crippen LogP contribution in [0.4, 0.5) is 0 Å². The predicted octanol–water partition coefficient (Wildman–Crippen LogP) is 1.33. The predicted molar refractivity (Wildman–Crippen MR) is 97.1 cm³/mol. The number of aliphatic hydroxyl groups is 1. The fraction of sp³-hybridized carbons (Fsp3) is 0.526. The summed E-state index contributed by atoms with van der Waals surface area (Å²) in [5.41, 5.74) is 0.677. The summed E-state index contributed by atoms with van der Waals surface area (Å²) in [6.45, 7) is 3.86. The molecule has 1 amide bonds. The van der Waals surface area contributed by atoms with Crippen LogP contribution in [0.3, 0.4) is 0 Å². The van der Waals surface area contributed by atoms with Crippen LogP contribution in [0.25, 0.3) is 5.69 Å². The van der Waals surface area contributed by atoms with Gasteiger partial charge in [0.2, 0.25) is 0 Å². The molecule has 0 aliphatic carbocycles. The van der Waals surface area contributed by atoms with E-state index in [0.717, 1.165) is 31.6 Å². The van der Waals surface area contributed by atoms with E-state index >= 15 is 0 Å². The number of aromatic nitrogens is 3. The number of benzene rings is 1. The third-order valence-corrected chi connectivity index (χ3v) is 5.37. The first-order valence-electron chi connectivity index (χ1n) is 9.32. The maximum Gasteiger partial charge on any atom is 0.254 e. The molecule has 1 aromatic carbocycles. The van der Waals surface area contributed by atoms with Crippen LogP contribution in [0.5, 0.6) is 0 Å². The molecule has 0 spiro atoms. The molecule has 1 atom stereocenters. The van der Waals surface area contributed by atoms with Crippen molar-refractivity contribution in [2.75, 3.05) is 32.7 Å². The molecule has 0 bridgehead atoms. The van der Waals surface area contributed by atoms with Crippen LogP contribution in [-0.4, -0.2) is 73.9 Å². The number of nitrogens with zero attached hydrogens (tertiary/aromatic N) is 5. The van der Waals surface area contributed by atoms with Gasteiger partial charge < -0.3 is 14.9 Å². The van der Waals surface area contributed by atoms with Gasteiger partial charge in [0.1, 0.15) is 12.7 Å². The Balaban J connectivity index is 1.48. The molecule has 2 aliphatic heterocycles. The third kappa shape index (κ3) is 3.64. The lowest BCUT2D eigenvalue weighted by molar-refractivity contribution is -0.0431. The van der Waals surface area contributed by atoms with Crippen LogP contribution in [-0.2, 0) is 0 Å². The van der Waals surface area contributed by atoms with Crippen molar-refractivity contribution in [3.05, 3.63) is 42.5 Å². The molecule has 2 aromatic rings. The Labute approximate surface area is 153 Å². The standard InChI is InChI=1S/C19H25N5O2/c25-18(16-5-3-6-17(11-16)24-14-20-21-15-24)23-10-4-7-19(26,13-23)12-22-8-1-2-9-22/h3,5-6,11,14-15,26H,1-2,4,7-10,12-13H2/t19-/m1/s1. The van der Waals surface area contributed by atoms with Gasteiger partial charge in [-0.2, -0.15) is 0 Å². The van der Waals surface area contributed by atoms with E-state index in [1.54, 1.807) is 22.1 Å². The van der Waals surface area contributed by atoms with Gasteiger partial charge in [-0.3, -0.25) is 9.36 Å². The minimum atomic E-state index is -0.801. The van der Waals surface area contributed by atoms with E-state index in [4.69, 9.17) is 0 Å². The second kappa shape index (κ2) is 7.17. The number of piperidine rings is 1. The van der Waals surface area contributed by atoms with Gasteiger partial charge in [-0.25, -0.2) is 0 Å². The van der Waals surface area contributed by atoms with Crippen molar-refractivity contribution in [2.45, 2.75) is 31.3 Å². The minimum absolute atomic E-state index is 0.0283. The summed E-state index contributed by atoms with van der Waals surface area (Å²) < 4.78 is 1.77. The zero-order valence-corrected chi connectivity index (χ0v) is 14.9. The van der Waals surface area contributed by atoms with Crippen molar-refractivity contribution in [2.24, 2.45) is 0 Å². The van der Waals surface area contributed by atoms with Crippen LogP contribution in [0.2, 0.25) is 0 Å². The van der Waals surface area contributed by atoms with Gasteiger partial charge in [0, 0.05) is 24.3 Å². The number of likely N-dealkylation sites (tertiary alicyclic amines) is 2. The first-order valence-corrected chi connectivity index (χ1v) is 9.32. The SMILES string of the molecule is O=C(c1cccc(-n2cnnc2)c1)N1CCC[C@@](O)(CN2CCCC2)C1. The molecule has 2 saturated heterocycles. The monoisotopic (exact) mass is 355 g/mol. The average molecular weight is 355 g/mol. The number of rotatable bonds is 4. The van der Waals surface area contributed by atoms with E-state index in [1.165, 1.54) is 12.8 Å². The first kappa shape index (κ1) is 17.2. The third-order valence-electron chi connectivity index (χ3n) is 5.37. The summed E-state index contributed by atoms with van der Waals surface area (Å²) in [6, 6.07) is 7.45. The molecule has 0 saturated carbocycles. The lowest BCUT2D eigenvalue weighted by Crippen LogP contribution is -2.55. The Morgan fingerprint density at radius 3 is 2.65 bits per heavy atom. The molecule has 2 fully saturated rings. The average Bonchev–Trinajstić information content (AvgIpc) is 3.35. The van der Waals surface area contributed by atoms with Crippen molar-refractivity contribution >= 4 is 5.91 Å². The number of carbonyl (C=O) groups excluding carboxylic acids is 1. The molecular formula is C19H25N5O2. The molecule has 7 nitrogen and oxygen atoms in total. The fourth-order valence-corrected chi connectivity index (χ4v) is 4.09. The lowest BCUT2D eigenvalue weighted by atomic mass is 9.91. The van der Waals surface area contributed by atoms with Crippen molar-refractivity contribution in [1.82, 2.24) is 24.6 Å². The minimum Gasteiger partial charge on any atom is -0.387 e. The smallest absolute Gasteiger partial charge is 0.254 e. The van der Waals surface area contributed by atoms with E-state index in [-0.39, 0.29) is 5.91 Å². The number of hydrogen-bond acceptors (Lipinski definition) is 5. The highest BCUT2D eigenvalue weighted by Crippen LogP contribution is 2.25. The molecule has 1 N–H and O–H groups in total. The van der Waals surface area contributed by atoms with Crippen LogP contribution < -0.4 is 0 Å². The fourth-order valence-electron chi connectivity index (χ4n) is 4.09. The maximum absolute atomic E-state index is 13.0. The van der Waals surface area contributed by atoms with E-state index in [2.05, 4.69) is 15.1 Å². The molecule has 138 valence electrons. The molecule has 1 aromatic heterocycles. The second-order valence-corrected chi connectivity index (χ2v) is 7.46. The maximum atomic E-state index is 13.0. The van der Waals surface area contributed by atoms with Gasteiger partial charge >= 0.3 is 0 Å². The zero-order chi connectivity index (χ0) is 18.0. The number of hydrogen-bond donors (Lipinski definition) is 1. The van der Waals surface area contributed by atoms with Gasteiger partial charge in [0.05, 0.1) is 12.1 Å². The van der Waals surface area contributed by atoms with Gasteiger partial charge in [0.25, 0.3) is 5.91 Å². The Kier molecular flexibility index (Phi) is 4.74. The van der Waals surface area contributed by atoms with E-state index in [9.17, 15) is 9.90 Å². The Hall–Kier alpha value is -2.25.